The van der Waals surface area contributed by atoms with Gasteiger partial charge in [0, 0.05) is 36.9 Å². The van der Waals surface area contributed by atoms with Crippen LogP contribution in [0.1, 0.15) is 18.4 Å². The minimum Gasteiger partial charge on any atom is -0.480 e. The van der Waals surface area contributed by atoms with Gasteiger partial charge in [-0.1, -0.05) is 28.1 Å². The van der Waals surface area contributed by atoms with Gasteiger partial charge in [-0.3, -0.25) is 14.4 Å². The zero-order valence-electron chi connectivity index (χ0n) is 12.9. The Hall–Kier alpha value is -1.89. The molecule has 1 aromatic carbocycles. The maximum atomic E-state index is 12.7. The molecule has 1 unspecified atom stereocenters. The molecule has 23 heavy (non-hydrogen) atoms. The Kier molecular flexibility index (Phi) is 5.76. The molecule has 0 aliphatic carbocycles. The molecule has 2 amide bonds. The van der Waals surface area contributed by atoms with Crippen molar-refractivity contribution in [2.75, 3.05) is 20.1 Å². The van der Waals surface area contributed by atoms with Gasteiger partial charge >= 0.3 is 5.97 Å². The van der Waals surface area contributed by atoms with E-state index in [9.17, 15) is 14.4 Å². The first-order valence-electron chi connectivity index (χ1n) is 7.36. The number of piperidine rings is 1. The number of benzene rings is 1. The predicted octanol–water partition coefficient (Wildman–Crippen LogP) is 1.73. The van der Waals surface area contributed by atoms with Gasteiger partial charge in [-0.2, -0.15) is 0 Å². The molecule has 6 nitrogen and oxygen atoms in total. The molecule has 1 atom stereocenters. The molecule has 0 radical (unpaired) electrons. The van der Waals surface area contributed by atoms with Crippen molar-refractivity contribution in [3.63, 3.8) is 0 Å². The fourth-order valence-corrected chi connectivity index (χ4v) is 3.09. The second-order valence-corrected chi connectivity index (χ2v) is 6.64. The van der Waals surface area contributed by atoms with Crippen molar-refractivity contribution in [1.82, 2.24) is 9.80 Å². The number of carbonyl (C=O) groups is 3. The quantitative estimate of drug-likeness (QED) is 0.840. The number of carbonyl (C=O) groups excluding carboxylic acids is 2. The SMILES string of the molecule is CN1CCC(C(=O)N(CC(=O)O)Cc2cccc(Br)c2)CC1=O. The number of likely N-dealkylation sites (tertiary alicyclic amines) is 1. The number of carboxylic acids is 1. The minimum absolute atomic E-state index is 0.0765. The van der Waals surface area contributed by atoms with E-state index in [-0.39, 0.29) is 31.3 Å². The van der Waals surface area contributed by atoms with E-state index in [1.54, 1.807) is 11.9 Å². The van der Waals surface area contributed by atoms with Crippen molar-refractivity contribution >= 4 is 33.7 Å². The first kappa shape index (κ1) is 17.5. The highest BCUT2D eigenvalue weighted by atomic mass is 79.9. The molecule has 0 bridgehead atoms. The topological polar surface area (TPSA) is 77.9 Å². The van der Waals surface area contributed by atoms with Gasteiger partial charge in [0.25, 0.3) is 0 Å². The molecule has 124 valence electrons. The minimum atomic E-state index is -1.06. The van der Waals surface area contributed by atoms with Gasteiger partial charge in [0.2, 0.25) is 11.8 Å². The standard InChI is InChI=1S/C16H19BrN2O4/c1-18-6-5-12(8-14(18)20)16(23)19(10-15(21)22)9-11-3-2-4-13(17)7-11/h2-4,7,12H,5-6,8-10H2,1H3,(H,21,22). The van der Waals surface area contributed by atoms with E-state index < -0.39 is 11.9 Å². The Bertz CT molecular complexity index is 620. The average molecular weight is 383 g/mol. The lowest BCUT2D eigenvalue weighted by Crippen LogP contribution is -2.45. The van der Waals surface area contributed by atoms with Crippen LogP contribution in [0.5, 0.6) is 0 Å². The van der Waals surface area contributed by atoms with Crippen molar-refractivity contribution in [3.8, 4) is 0 Å². The van der Waals surface area contributed by atoms with Crippen LogP contribution < -0.4 is 0 Å². The van der Waals surface area contributed by atoms with Crippen LogP contribution in [0.3, 0.4) is 0 Å². The van der Waals surface area contributed by atoms with Crippen LogP contribution in [0.15, 0.2) is 28.7 Å². The van der Waals surface area contributed by atoms with Gasteiger partial charge in [0.05, 0.1) is 0 Å². The Morgan fingerprint density at radius 2 is 2.17 bits per heavy atom. The summed E-state index contributed by atoms with van der Waals surface area (Å²) in [5, 5.41) is 9.08. The van der Waals surface area contributed by atoms with Crippen LogP contribution in [-0.2, 0) is 20.9 Å². The van der Waals surface area contributed by atoms with Crippen LogP contribution in [0.2, 0.25) is 0 Å². The summed E-state index contributed by atoms with van der Waals surface area (Å²) < 4.78 is 0.868. The van der Waals surface area contributed by atoms with E-state index in [0.717, 1.165) is 10.0 Å². The highest BCUT2D eigenvalue weighted by Crippen LogP contribution is 2.21. The monoisotopic (exact) mass is 382 g/mol. The summed E-state index contributed by atoms with van der Waals surface area (Å²) in [6, 6.07) is 7.39. The molecule has 1 aliphatic rings. The molecule has 2 rings (SSSR count). The van der Waals surface area contributed by atoms with E-state index in [4.69, 9.17) is 5.11 Å². The summed E-state index contributed by atoms with van der Waals surface area (Å²) in [7, 11) is 1.71. The van der Waals surface area contributed by atoms with Crippen molar-refractivity contribution in [2.24, 2.45) is 5.92 Å². The van der Waals surface area contributed by atoms with Crippen molar-refractivity contribution in [3.05, 3.63) is 34.3 Å². The Balaban J connectivity index is 2.12. The van der Waals surface area contributed by atoms with Gasteiger partial charge in [-0.25, -0.2) is 0 Å². The molecule has 1 N–H and O–H groups in total. The highest BCUT2D eigenvalue weighted by Gasteiger charge is 2.32. The number of hydrogen-bond donors (Lipinski definition) is 1. The third-order valence-electron chi connectivity index (χ3n) is 3.91. The van der Waals surface area contributed by atoms with Crippen LogP contribution in [-0.4, -0.2) is 52.8 Å². The Labute approximate surface area is 143 Å². The van der Waals surface area contributed by atoms with Gasteiger partial charge in [-0.05, 0) is 24.1 Å². The van der Waals surface area contributed by atoms with E-state index in [1.165, 1.54) is 4.90 Å². The van der Waals surface area contributed by atoms with Crippen molar-refractivity contribution in [2.45, 2.75) is 19.4 Å². The Morgan fingerprint density at radius 3 is 2.78 bits per heavy atom. The molecule has 0 saturated carbocycles. The summed E-state index contributed by atoms with van der Waals surface area (Å²) in [5.41, 5.74) is 0.841. The number of amides is 2. The molecular formula is C16H19BrN2O4. The number of carboxylic acid groups (broad SMARTS) is 1. The number of hydrogen-bond acceptors (Lipinski definition) is 3. The second-order valence-electron chi connectivity index (χ2n) is 5.72. The van der Waals surface area contributed by atoms with E-state index >= 15 is 0 Å². The molecule has 0 spiro atoms. The lowest BCUT2D eigenvalue weighted by molar-refractivity contribution is -0.149. The van der Waals surface area contributed by atoms with Crippen LogP contribution >= 0.6 is 15.9 Å². The second kappa shape index (κ2) is 7.59. The van der Waals surface area contributed by atoms with Crippen LogP contribution in [0.25, 0.3) is 0 Å². The maximum absolute atomic E-state index is 12.7. The molecular weight excluding hydrogens is 364 g/mol. The smallest absolute Gasteiger partial charge is 0.323 e. The fraction of sp³-hybridized carbons (Fsp3) is 0.438. The third kappa shape index (κ3) is 4.79. The maximum Gasteiger partial charge on any atom is 0.323 e. The van der Waals surface area contributed by atoms with Crippen molar-refractivity contribution < 1.29 is 19.5 Å². The molecule has 0 aromatic heterocycles. The number of halogens is 1. The fourth-order valence-electron chi connectivity index (χ4n) is 2.64. The van der Waals surface area contributed by atoms with E-state index in [0.29, 0.717) is 13.0 Å². The molecule has 1 saturated heterocycles. The molecule has 1 aromatic rings. The summed E-state index contributed by atoms with van der Waals surface area (Å²) in [4.78, 5) is 38.4. The highest BCUT2D eigenvalue weighted by molar-refractivity contribution is 9.10. The summed E-state index contributed by atoms with van der Waals surface area (Å²) in [5.74, 6) is -1.85. The zero-order valence-corrected chi connectivity index (χ0v) is 14.5. The number of rotatable bonds is 5. The summed E-state index contributed by atoms with van der Waals surface area (Å²) in [6.45, 7) is 0.365. The number of nitrogens with zero attached hydrogens (tertiary/aromatic N) is 2. The molecule has 1 aliphatic heterocycles. The van der Waals surface area contributed by atoms with Gasteiger partial charge in [-0.15, -0.1) is 0 Å². The third-order valence-corrected chi connectivity index (χ3v) is 4.40. The number of aliphatic carboxylic acids is 1. The Morgan fingerprint density at radius 1 is 1.43 bits per heavy atom. The first-order valence-corrected chi connectivity index (χ1v) is 8.15. The summed E-state index contributed by atoms with van der Waals surface area (Å²) >= 11 is 3.36. The molecule has 1 heterocycles. The first-order chi connectivity index (χ1) is 10.9. The lowest BCUT2D eigenvalue weighted by Gasteiger charge is -2.31. The van der Waals surface area contributed by atoms with Gasteiger partial charge < -0.3 is 14.9 Å². The zero-order chi connectivity index (χ0) is 17.0. The predicted molar refractivity (Wildman–Crippen MR) is 87.6 cm³/mol. The van der Waals surface area contributed by atoms with Crippen molar-refractivity contribution in [1.29, 1.82) is 0 Å². The van der Waals surface area contributed by atoms with Gasteiger partial charge in [0.15, 0.2) is 0 Å². The van der Waals surface area contributed by atoms with Gasteiger partial charge in [0.1, 0.15) is 6.54 Å². The van der Waals surface area contributed by atoms with Crippen LogP contribution in [0, 0.1) is 5.92 Å². The van der Waals surface area contributed by atoms with Crippen LogP contribution in [0.4, 0.5) is 0 Å². The normalized spacial score (nSPS) is 17.9. The largest absolute Gasteiger partial charge is 0.480 e. The molecule has 1 fully saturated rings. The van der Waals surface area contributed by atoms with E-state index in [1.807, 2.05) is 24.3 Å². The summed E-state index contributed by atoms with van der Waals surface area (Å²) in [6.07, 6.45) is 0.708. The average Bonchev–Trinajstić information content (AvgIpc) is 2.48. The molecule has 7 heteroatoms. The van der Waals surface area contributed by atoms with E-state index in [2.05, 4.69) is 15.9 Å². The lowest BCUT2D eigenvalue weighted by atomic mass is 9.94.